The number of hydrogen-bond acceptors (Lipinski definition) is 5. The Morgan fingerprint density at radius 1 is 1.13 bits per heavy atom. The van der Waals surface area contributed by atoms with Crippen LogP contribution >= 0.6 is 11.6 Å². The second-order valence-corrected chi connectivity index (χ2v) is 9.48. The first-order chi connectivity index (χ1) is 18.4. The van der Waals surface area contributed by atoms with Crippen molar-refractivity contribution >= 4 is 11.6 Å². The molecule has 202 valence electrons. The van der Waals surface area contributed by atoms with Crippen LogP contribution in [0.2, 0.25) is 5.02 Å². The number of rotatable bonds is 9. The van der Waals surface area contributed by atoms with Crippen LogP contribution in [-0.2, 0) is 12.0 Å². The molecule has 3 N–H and O–H groups in total. The van der Waals surface area contributed by atoms with Crippen molar-refractivity contribution in [3.63, 3.8) is 0 Å². The van der Waals surface area contributed by atoms with E-state index in [0.29, 0.717) is 24.9 Å². The number of nitrogens with two attached hydrogens (primary N) is 1. The summed E-state index contributed by atoms with van der Waals surface area (Å²) in [5.41, 5.74) is 6.20. The highest BCUT2D eigenvalue weighted by atomic mass is 35.5. The number of nitrogens with zero attached hydrogens (tertiary/aromatic N) is 1. The van der Waals surface area contributed by atoms with Crippen LogP contribution in [0.5, 0.6) is 11.5 Å². The molecule has 0 bridgehead atoms. The summed E-state index contributed by atoms with van der Waals surface area (Å²) in [6.07, 6.45) is 3.72. The fraction of sp³-hybridized carbons (Fsp3) is 0.367. The van der Waals surface area contributed by atoms with Gasteiger partial charge in [-0.05, 0) is 43.5 Å². The average molecular weight is 543 g/mol. The zero-order chi connectivity index (χ0) is 27.7. The van der Waals surface area contributed by atoms with Crippen LogP contribution in [0.25, 0.3) is 11.1 Å². The van der Waals surface area contributed by atoms with Gasteiger partial charge < -0.3 is 20.3 Å². The summed E-state index contributed by atoms with van der Waals surface area (Å²) >= 11 is 6.43. The minimum atomic E-state index is -0.854. The zero-order valence-corrected chi connectivity index (χ0v) is 22.5. The highest BCUT2D eigenvalue weighted by Crippen LogP contribution is 2.52. The minimum Gasteiger partial charge on any atom is -0.488 e. The molecule has 1 unspecified atom stereocenters. The summed E-state index contributed by atoms with van der Waals surface area (Å²) in [7, 11) is 0. The molecule has 0 saturated heterocycles. The lowest BCUT2D eigenvalue weighted by Crippen LogP contribution is -2.31. The molecule has 0 aliphatic carbocycles. The first-order valence-electron chi connectivity index (χ1n) is 12.8. The Kier molecular flexibility index (Phi) is 10.5. The Morgan fingerprint density at radius 2 is 1.84 bits per heavy atom. The molecule has 1 atom stereocenters. The van der Waals surface area contributed by atoms with Gasteiger partial charge in [-0.1, -0.05) is 62.2 Å². The van der Waals surface area contributed by atoms with E-state index in [0.717, 1.165) is 18.4 Å². The Hall–Kier alpha value is -3.18. The van der Waals surface area contributed by atoms with Crippen LogP contribution in [0, 0.1) is 23.0 Å². The smallest absolute Gasteiger partial charge is 0.174 e. The second kappa shape index (κ2) is 13.6. The number of ether oxygens (including phenoxy) is 2. The van der Waals surface area contributed by atoms with E-state index in [2.05, 4.69) is 13.8 Å². The molecule has 3 aromatic carbocycles. The Labute approximate surface area is 227 Å². The predicted molar refractivity (Wildman–Crippen MR) is 145 cm³/mol. The summed E-state index contributed by atoms with van der Waals surface area (Å²) in [6, 6.07) is 15.5. The molecule has 3 aromatic rings. The lowest BCUT2D eigenvalue weighted by atomic mass is 9.82. The van der Waals surface area contributed by atoms with E-state index in [1.54, 1.807) is 0 Å². The van der Waals surface area contributed by atoms with E-state index in [9.17, 15) is 5.26 Å². The molecule has 5 nitrogen and oxygen atoms in total. The highest BCUT2D eigenvalue weighted by molar-refractivity contribution is 6.34. The first-order valence-corrected chi connectivity index (χ1v) is 13.2. The van der Waals surface area contributed by atoms with Crippen molar-refractivity contribution in [2.45, 2.75) is 51.6 Å². The largest absolute Gasteiger partial charge is 0.488 e. The lowest BCUT2D eigenvalue weighted by Gasteiger charge is -2.29. The van der Waals surface area contributed by atoms with E-state index >= 15 is 8.78 Å². The zero-order valence-electron chi connectivity index (χ0n) is 21.7. The molecule has 8 heteroatoms. The average Bonchev–Trinajstić information content (AvgIpc) is 3.29. The summed E-state index contributed by atoms with van der Waals surface area (Å²) in [6.45, 7) is 4.32. The Morgan fingerprint density at radius 3 is 2.47 bits per heavy atom. The first kappa shape index (κ1) is 29.4. The maximum atomic E-state index is 15.7. The van der Waals surface area contributed by atoms with E-state index in [-0.39, 0.29) is 46.4 Å². The molecule has 0 amide bonds. The monoisotopic (exact) mass is 542 g/mol. The number of unbranched alkanes of at least 4 members (excludes halogenated alkanes) is 1. The van der Waals surface area contributed by atoms with Crippen molar-refractivity contribution in [2.24, 2.45) is 5.73 Å². The summed E-state index contributed by atoms with van der Waals surface area (Å²) in [4.78, 5) is 0. The van der Waals surface area contributed by atoms with E-state index in [4.69, 9.17) is 31.9 Å². The molecule has 0 radical (unpaired) electrons. The Balaban J connectivity index is 0.00000127. The number of aliphatic hydroxyl groups is 1. The standard InChI is InChI=1S/C27H25ClF2N2O3.C3H8/c28-25-20(29)14-22-19(15-27(35-22,10-4-5-11-31)18-6-2-1-3-7-18)24(25)23-17(16-32)8-9-21(26(23)30)34-13-12-33;1-3-2/h1-3,6-9,14,33H,4-5,10-13,15,31H2;3H2,1-2H3. The van der Waals surface area contributed by atoms with Gasteiger partial charge in [-0.15, -0.1) is 0 Å². The predicted octanol–water partition coefficient (Wildman–Crippen LogP) is 6.90. The molecule has 4 rings (SSSR count). The van der Waals surface area contributed by atoms with Crippen molar-refractivity contribution in [2.75, 3.05) is 19.8 Å². The van der Waals surface area contributed by atoms with Gasteiger partial charge in [0.1, 0.15) is 23.8 Å². The third-order valence-electron chi connectivity index (χ3n) is 6.21. The molecule has 38 heavy (non-hydrogen) atoms. The number of hydrogen-bond donors (Lipinski definition) is 2. The van der Waals surface area contributed by atoms with Crippen molar-refractivity contribution < 1.29 is 23.4 Å². The number of fused-ring (bicyclic) bond motifs is 1. The summed E-state index contributed by atoms with van der Waals surface area (Å²) < 4.78 is 42.5. The van der Waals surface area contributed by atoms with Gasteiger partial charge in [-0.25, -0.2) is 8.78 Å². The maximum absolute atomic E-state index is 15.7. The van der Waals surface area contributed by atoms with Crippen molar-refractivity contribution in [1.29, 1.82) is 5.26 Å². The minimum absolute atomic E-state index is 0.0195. The number of halogens is 3. The summed E-state index contributed by atoms with van der Waals surface area (Å²) in [5, 5.41) is 18.5. The normalized spacial score (nSPS) is 15.6. The topological polar surface area (TPSA) is 88.5 Å². The van der Waals surface area contributed by atoms with Crippen LogP contribution in [0.1, 0.15) is 56.2 Å². The number of nitriles is 1. The van der Waals surface area contributed by atoms with Gasteiger partial charge in [-0.2, -0.15) is 5.26 Å². The van der Waals surface area contributed by atoms with Crippen LogP contribution in [0.3, 0.4) is 0 Å². The number of benzene rings is 3. The van der Waals surface area contributed by atoms with Gasteiger partial charge >= 0.3 is 0 Å². The molecule has 1 aliphatic rings. The highest BCUT2D eigenvalue weighted by Gasteiger charge is 2.43. The third kappa shape index (κ3) is 6.10. The van der Waals surface area contributed by atoms with E-state index < -0.39 is 17.2 Å². The van der Waals surface area contributed by atoms with E-state index in [1.165, 1.54) is 24.6 Å². The molecule has 0 saturated carbocycles. The van der Waals surface area contributed by atoms with Gasteiger partial charge in [0.25, 0.3) is 0 Å². The molecule has 0 fully saturated rings. The quantitative estimate of drug-likeness (QED) is 0.287. The molecule has 0 spiro atoms. The van der Waals surface area contributed by atoms with E-state index in [1.807, 2.05) is 36.4 Å². The van der Waals surface area contributed by atoms with Gasteiger partial charge in [0.05, 0.1) is 23.3 Å². The molecular weight excluding hydrogens is 510 g/mol. The molecule has 1 aliphatic heterocycles. The van der Waals surface area contributed by atoms with Crippen LogP contribution in [-0.4, -0.2) is 24.9 Å². The van der Waals surface area contributed by atoms with Crippen LogP contribution in [0.4, 0.5) is 8.78 Å². The lowest BCUT2D eigenvalue weighted by molar-refractivity contribution is 0.0793. The fourth-order valence-electron chi connectivity index (χ4n) is 4.60. The summed E-state index contributed by atoms with van der Waals surface area (Å²) in [5.74, 6) is -1.55. The van der Waals surface area contributed by atoms with Crippen LogP contribution < -0.4 is 15.2 Å². The van der Waals surface area contributed by atoms with Crippen LogP contribution in [0.15, 0.2) is 48.5 Å². The second-order valence-electron chi connectivity index (χ2n) is 9.10. The van der Waals surface area contributed by atoms with Gasteiger partial charge in [0.2, 0.25) is 0 Å². The van der Waals surface area contributed by atoms with Crippen molar-refractivity contribution in [3.05, 3.63) is 81.9 Å². The molecule has 0 aromatic heterocycles. The SMILES string of the molecule is CCC.N#Cc1ccc(OCCO)c(F)c1-c1c(Cl)c(F)cc2c1CC(CCCCN)(c1ccccc1)O2. The van der Waals surface area contributed by atoms with Gasteiger partial charge in [0.15, 0.2) is 11.6 Å². The third-order valence-corrected chi connectivity index (χ3v) is 6.58. The van der Waals surface area contributed by atoms with Gasteiger partial charge in [0, 0.05) is 29.2 Å². The van der Waals surface area contributed by atoms with Crippen molar-refractivity contribution in [1.82, 2.24) is 0 Å². The van der Waals surface area contributed by atoms with Crippen molar-refractivity contribution in [3.8, 4) is 28.7 Å². The molecule has 1 heterocycles. The maximum Gasteiger partial charge on any atom is 0.174 e. The molecular formula is C30H33ClF2N2O3. The Bertz CT molecular complexity index is 1280. The fourth-order valence-corrected chi connectivity index (χ4v) is 4.87. The number of aliphatic hydroxyl groups excluding tert-OH is 1. The van der Waals surface area contributed by atoms with Gasteiger partial charge in [-0.3, -0.25) is 0 Å².